The normalized spacial score (nSPS) is 9.82. The Morgan fingerprint density at radius 1 is 0.909 bits per heavy atom. The molecule has 0 heterocycles. The molecule has 69 valence electrons. The summed E-state index contributed by atoms with van der Waals surface area (Å²) in [6.07, 6.45) is 7.24. The molecule has 1 radical (unpaired) electrons. The van der Waals surface area contributed by atoms with Crippen molar-refractivity contribution in [2.24, 2.45) is 0 Å². The van der Waals surface area contributed by atoms with Crippen LogP contribution in [0, 0.1) is 0 Å². The molecule has 0 saturated heterocycles. The molecule has 0 bridgehead atoms. The standard InChI is InChI=1S/C9H21Si.FH/c1-4-5-6-7-8-9-10(2)3;/h4-9H2,1-3H3;1H. The number of rotatable bonds is 6. The minimum absolute atomic E-state index is 0. The van der Waals surface area contributed by atoms with E-state index in [0.29, 0.717) is 0 Å². The average molecular weight is 177 g/mol. The molecule has 0 N–H and O–H groups in total. The van der Waals surface area contributed by atoms with Gasteiger partial charge in [-0.25, -0.2) is 0 Å². The second-order valence-corrected chi connectivity index (χ2v) is 6.29. The smallest absolute Gasteiger partial charge is 0.0412 e. The van der Waals surface area contributed by atoms with Crippen LogP contribution in [0.15, 0.2) is 0 Å². The van der Waals surface area contributed by atoms with Gasteiger partial charge in [0.25, 0.3) is 0 Å². The Bertz CT molecular complexity index is 64.6. The summed E-state index contributed by atoms with van der Waals surface area (Å²) in [4.78, 5) is 0. The van der Waals surface area contributed by atoms with Crippen LogP contribution in [0.2, 0.25) is 19.1 Å². The molecular formula is C9H22FSi. The van der Waals surface area contributed by atoms with Gasteiger partial charge in [0.2, 0.25) is 0 Å². The van der Waals surface area contributed by atoms with Crippen molar-refractivity contribution in [2.45, 2.75) is 58.2 Å². The van der Waals surface area contributed by atoms with E-state index in [0.717, 1.165) is 0 Å². The molecule has 0 aromatic carbocycles. The Morgan fingerprint density at radius 2 is 1.45 bits per heavy atom. The van der Waals surface area contributed by atoms with Crippen LogP contribution in [0.5, 0.6) is 0 Å². The Labute approximate surface area is 72.4 Å². The molecular weight excluding hydrogens is 155 g/mol. The van der Waals surface area contributed by atoms with Gasteiger partial charge >= 0.3 is 0 Å². The molecule has 11 heavy (non-hydrogen) atoms. The topological polar surface area (TPSA) is 0 Å². The second-order valence-electron chi connectivity index (χ2n) is 3.37. The maximum atomic E-state index is 2.41. The summed E-state index contributed by atoms with van der Waals surface area (Å²) >= 11 is 0. The fourth-order valence-corrected chi connectivity index (χ4v) is 2.04. The van der Waals surface area contributed by atoms with Gasteiger partial charge in [-0.05, 0) is 0 Å². The molecule has 0 spiro atoms. The van der Waals surface area contributed by atoms with Gasteiger partial charge in [0, 0.05) is 8.80 Å². The van der Waals surface area contributed by atoms with E-state index in [2.05, 4.69) is 20.0 Å². The largest absolute Gasteiger partial charge is 0.269 e. The fourth-order valence-electron chi connectivity index (χ4n) is 1.08. The molecule has 0 amide bonds. The van der Waals surface area contributed by atoms with E-state index in [1.807, 2.05) is 0 Å². The highest BCUT2D eigenvalue weighted by Crippen LogP contribution is 2.06. The average Bonchev–Trinajstić information content (AvgIpc) is 1.87. The van der Waals surface area contributed by atoms with Crippen LogP contribution in [-0.2, 0) is 0 Å². The van der Waals surface area contributed by atoms with Gasteiger partial charge in [-0.2, -0.15) is 0 Å². The van der Waals surface area contributed by atoms with Crippen LogP contribution < -0.4 is 0 Å². The highest BCUT2D eigenvalue weighted by atomic mass is 28.3. The first kappa shape index (κ1) is 13.7. The molecule has 0 aromatic rings. The minimum atomic E-state index is 0. The molecule has 0 rings (SSSR count). The SMILES string of the molecule is CCCCCCC[Si](C)C.F. The summed E-state index contributed by atoms with van der Waals surface area (Å²) in [5, 5.41) is 0. The molecule has 0 nitrogen and oxygen atoms in total. The van der Waals surface area contributed by atoms with Crippen LogP contribution >= 0.6 is 0 Å². The van der Waals surface area contributed by atoms with Crippen molar-refractivity contribution >= 4 is 8.80 Å². The fraction of sp³-hybridized carbons (Fsp3) is 1.00. The highest BCUT2D eigenvalue weighted by Gasteiger charge is 1.94. The van der Waals surface area contributed by atoms with Gasteiger partial charge < -0.3 is 0 Å². The molecule has 0 fully saturated rings. The van der Waals surface area contributed by atoms with Crippen LogP contribution in [0.3, 0.4) is 0 Å². The van der Waals surface area contributed by atoms with E-state index >= 15 is 0 Å². The van der Waals surface area contributed by atoms with E-state index < -0.39 is 0 Å². The van der Waals surface area contributed by atoms with Crippen LogP contribution in [0.4, 0.5) is 4.70 Å². The van der Waals surface area contributed by atoms with Gasteiger partial charge in [-0.15, -0.1) is 0 Å². The number of hydrogen-bond acceptors (Lipinski definition) is 0. The van der Waals surface area contributed by atoms with Crippen molar-refractivity contribution in [3.63, 3.8) is 0 Å². The lowest BCUT2D eigenvalue weighted by Crippen LogP contribution is -1.97. The van der Waals surface area contributed by atoms with Gasteiger partial charge in [0.05, 0.1) is 0 Å². The minimum Gasteiger partial charge on any atom is -0.269 e. The zero-order chi connectivity index (χ0) is 7.82. The second kappa shape index (κ2) is 10.1. The van der Waals surface area contributed by atoms with Crippen molar-refractivity contribution in [1.29, 1.82) is 0 Å². The third-order valence-corrected chi connectivity index (χ3v) is 3.13. The maximum Gasteiger partial charge on any atom is 0.0412 e. The predicted octanol–water partition coefficient (Wildman–Crippen LogP) is 3.86. The lowest BCUT2D eigenvalue weighted by Gasteiger charge is -2.01. The molecule has 0 aliphatic heterocycles. The van der Waals surface area contributed by atoms with Crippen molar-refractivity contribution in [3.05, 3.63) is 0 Å². The third-order valence-electron chi connectivity index (χ3n) is 1.78. The van der Waals surface area contributed by atoms with Crippen LogP contribution in [0.1, 0.15) is 39.0 Å². The van der Waals surface area contributed by atoms with Gasteiger partial charge in [0.1, 0.15) is 0 Å². The summed E-state index contributed by atoms with van der Waals surface area (Å²) < 4.78 is 0. The first-order chi connectivity index (χ1) is 4.77. The van der Waals surface area contributed by atoms with E-state index in [9.17, 15) is 0 Å². The summed E-state index contributed by atoms with van der Waals surface area (Å²) in [6.45, 7) is 7.09. The number of unbranched alkanes of at least 4 members (excludes halogenated alkanes) is 4. The summed E-state index contributed by atoms with van der Waals surface area (Å²) in [6, 6.07) is 1.52. The monoisotopic (exact) mass is 177 g/mol. The van der Waals surface area contributed by atoms with Crippen LogP contribution in [0.25, 0.3) is 0 Å². The quantitative estimate of drug-likeness (QED) is 0.427. The summed E-state index contributed by atoms with van der Waals surface area (Å²) in [5.74, 6) is 0. The molecule has 0 aromatic heterocycles. The first-order valence-electron chi connectivity index (χ1n) is 4.56. The highest BCUT2D eigenvalue weighted by molar-refractivity contribution is 6.55. The molecule has 0 saturated carbocycles. The lowest BCUT2D eigenvalue weighted by atomic mass is 10.2. The van der Waals surface area contributed by atoms with Gasteiger partial charge in [0.15, 0.2) is 0 Å². The first-order valence-corrected chi connectivity index (χ1v) is 7.27. The van der Waals surface area contributed by atoms with Gasteiger partial charge in [-0.1, -0.05) is 58.2 Å². The Balaban J connectivity index is 0. The summed E-state index contributed by atoms with van der Waals surface area (Å²) in [7, 11) is 0.0783. The predicted molar refractivity (Wildman–Crippen MR) is 53.6 cm³/mol. The zero-order valence-corrected chi connectivity index (χ0v) is 9.15. The molecule has 2 heteroatoms. The van der Waals surface area contributed by atoms with E-state index in [1.54, 1.807) is 0 Å². The Morgan fingerprint density at radius 3 is 1.91 bits per heavy atom. The molecule has 0 aliphatic rings. The third kappa shape index (κ3) is 13.2. The van der Waals surface area contributed by atoms with E-state index in [-0.39, 0.29) is 13.5 Å². The Hall–Kier alpha value is 0.147. The molecule has 0 atom stereocenters. The number of hydrogen-bond donors (Lipinski definition) is 0. The number of halogens is 1. The molecule has 0 aliphatic carbocycles. The Kier molecular flexibility index (Phi) is 12.7. The van der Waals surface area contributed by atoms with Crippen molar-refractivity contribution < 1.29 is 4.70 Å². The zero-order valence-electron chi connectivity index (χ0n) is 8.15. The van der Waals surface area contributed by atoms with Gasteiger partial charge in [-0.3, -0.25) is 4.70 Å². The van der Waals surface area contributed by atoms with E-state index in [4.69, 9.17) is 0 Å². The van der Waals surface area contributed by atoms with E-state index in [1.165, 1.54) is 38.1 Å². The molecule has 0 unspecified atom stereocenters. The van der Waals surface area contributed by atoms with Crippen LogP contribution in [-0.4, -0.2) is 8.80 Å². The lowest BCUT2D eigenvalue weighted by molar-refractivity contribution is 0.654. The van der Waals surface area contributed by atoms with Crippen molar-refractivity contribution in [3.8, 4) is 0 Å². The van der Waals surface area contributed by atoms with Crippen molar-refractivity contribution in [1.82, 2.24) is 0 Å². The maximum absolute atomic E-state index is 2.41. The summed E-state index contributed by atoms with van der Waals surface area (Å²) in [5.41, 5.74) is 0. The van der Waals surface area contributed by atoms with Crippen molar-refractivity contribution in [2.75, 3.05) is 0 Å².